The van der Waals surface area contributed by atoms with Gasteiger partial charge in [0.05, 0.1) is 5.52 Å². The van der Waals surface area contributed by atoms with Crippen LogP contribution in [0.5, 0.6) is 0 Å². The fourth-order valence-electron chi connectivity index (χ4n) is 5.10. The molecule has 2 aliphatic rings. The van der Waals surface area contributed by atoms with E-state index in [1.165, 1.54) is 63.0 Å². The van der Waals surface area contributed by atoms with Crippen molar-refractivity contribution in [2.75, 3.05) is 0 Å². The molecule has 0 N–H and O–H groups in total. The fraction of sp³-hybridized carbons (Fsp3) is 0.267. The molecule has 2 aromatic carbocycles. The van der Waals surface area contributed by atoms with Gasteiger partial charge in [0, 0.05) is 16.8 Å². The molecule has 0 spiro atoms. The number of unbranched alkanes of at least 4 members (excludes halogenated alkanes) is 1. The summed E-state index contributed by atoms with van der Waals surface area (Å²) in [6, 6.07) is 17.9. The smallest absolute Gasteiger partial charge is 0.0537 e. The number of para-hydroxylation sites is 1. The molecule has 0 aliphatic heterocycles. The van der Waals surface area contributed by atoms with Crippen LogP contribution in [-0.2, 0) is 12.8 Å². The predicted octanol–water partition coefficient (Wildman–Crippen LogP) is 8.22. The molecule has 1 heteroatoms. The van der Waals surface area contributed by atoms with E-state index in [0.29, 0.717) is 0 Å². The number of aromatic nitrogens is 1. The molecule has 31 heavy (non-hydrogen) atoms. The Morgan fingerprint density at radius 1 is 0.935 bits per heavy atom. The molecular formula is C30H31N. The summed E-state index contributed by atoms with van der Waals surface area (Å²) >= 11 is 0. The molecule has 0 atom stereocenters. The normalized spacial score (nSPS) is 15.9. The molecule has 0 bridgehead atoms. The molecule has 0 saturated carbocycles. The molecule has 0 amide bonds. The lowest BCUT2D eigenvalue weighted by molar-refractivity contribution is 0.793. The van der Waals surface area contributed by atoms with Gasteiger partial charge >= 0.3 is 0 Å². The van der Waals surface area contributed by atoms with Crippen LogP contribution in [0, 0.1) is 0 Å². The van der Waals surface area contributed by atoms with Crippen LogP contribution in [0.4, 0.5) is 0 Å². The van der Waals surface area contributed by atoms with Crippen molar-refractivity contribution in [1.29, 1.82) is 0 Å². The van der Waals surface area contributed by atoms with E-state index in [-0.39, 0.29) is 0 Å². The number of hydrogen-bond donors (Lipinski definition) is 0. The first-order valence-corrected chi connectivity index (χ1v) is 11.7. The first kappa shape index (κ1) is 19.9. The summed E-state index contributed by atoms with van der Waals surface area (Å²) in [7, 11) is 0. The van der Waals surface area contributed by atoms with Crippen LogP contribution in [0.2, 0.25) is 0 Å². The Bertz CT molecular complexity index is 1240. The van der Waals surface area contributed by atoms with E-state index in [9.17, 15) is 0 Å². The molecule has 2 aliphatic carbocycles. The van der Waals surface area contributed by atoms with Gasteiger partial charge < -0.3 is 4.57 Å². The van der Waals surface area contributed by atoms with Crippen molar-refractivity contribution in [3.05, 3.63) is 101 Å². The number of allylic oxidation sites excluding steroid dienone is 7. The van der Waals surface area contributed by atoms with Crippen molar-refractivity contribution in [3.63, 3.8) is 0 Å². The lowest BCUT2D eigenvalue weighted by Gasteiger charge is -2.14. The highest BCUT2D eigenvalue weighted by Crippen LogP contribution is 2.36. The molecule has 0 radical (unpaired) electrons. The van der Waals surface area contributed by atoms with Crippen molar-refractivity contribution in [3.8, 4) is 0 Å². The van der Waals surface area contributed by atoms with Crippen LogP contribution in [-0.4, -0.2) is 4.57 Å². The van der Waals surface area contributed by atoms with Crippen molar-refractivity contribution < 1.29 is 0 Å². The first-order chi connectivity index (χ1) is 15.3. The maximum atomic E-state index is 2.47. The van der Waals surface area contributed by atoms with Gasteiger partial charge in [-0.1, -0.05) is 74.0 Å². The van der Waals surface area contributed by atoms with E-state index < -0.39 is 0 Å². The Balaban J connectivity index is 1.58. The molecule has 1 heterocycles. The summed E-state index contributed by atoms with van der Waals surface area (Å²) in [5.74, 6) is 0. The molecule has 0 fully saturated rings. The zero-order valence-electron chi connectivity index (χ0n) is 18.7. The minimum atomic E-state index is 0.961. The second-order valence-corrected chi connectivity index (χ2v) is 8.75. The zero-order valence-corrected chi connectivity index (χ0v) is 18.7. The molecule has 5 rings (SSSR count). The lowest BCUT2D eigenvalue weighted by atomic mass is 9.91. The minimum absolute atomic E-state index is 0.961. The minimum Gasteiger partial charge on any atom is -0.310 e. The van der Waals surface area contributed by atoms with Gasteiger partial charge in [0.2, 0.25) is 0 Å². The van der Waals surface area contributed by atoms with E-state index in [1.54, 1.807) is 0 Å². The Morgan fingerprint density at radius 2 is 1.77 bits per heavy atom. The summed E-state index contributed by atoms with van der Waals surface area (Å²) in [5, 5.41) is 1.40. The lowest BCUT2D eigenvalue weighted by Crippen LogP contribution is -2.01. The Labute approximate surface area is 186 Å². The number of rotatable bonds is 5. The van der Waals surface area contributed by atoms with E-state index in [1.807, 2.05) is 0 Å². The third-order valence-corrected chi connectivity index (χ3v) is 6.75. The van der Waals surface area contributed by atoms with Gasteiger partial charge in [-0.3, -0.25) is 0 Å². The summed E-state index contributed by atoms with van der Waals surface area (Å²) < 4.78 is 2.47. The van der Waals surface area contributed by atoms with Crippen LogP contribution in [0.15, 0.2) is 78.4 Å². The van der Waals surface area contributed by atoms with Crippen LogP contribution >= 0.6 is 0 Å². The molecule has 1 aromatic heterocycles. The van der Waals surface area contributed by atoms with E-state index in [4.69, 9.17) is 0 Å². The van der Waals surface area contributed by atoms with Gasteiger partial charge in [-0.15, -0.1) is 0 Å². The Hall–Kier alpha value is -3.06. The quantitative estimate of drug-likeness (QED) is 0.403. The number of benzene rings is 2. The second kappa shape index (κ2) is 8.59. The highest BCUT2D eigenvalue weighted by molar-refractivity contribution is 5.93. The van der Waals surface area contributed by atoms with Crippen molar-refractivity contribution in [2.24, 2.45) is 0 Å². The molecule has 156 valence electrons. The first-order valence-electron chi connectivity index (χ1n) is 11.7. The van der Waals surface area contributed by atoms with Gasteiger partial charge in [0.25, 0.3) is 0 Å². The second-order valence-electron chi connectivity index (χ2n) is 8.75. The predicted molar refractivity (Wildman–Crippen MR) is 135 cm³/mol. The van der Waals surface area contributed by atoms with E-state index >= 15 is 0 Å². The molecule has 0 unspecified atom stereocenters. The molecule has 1 nitrogen and oxygen atoms in total. The van der Waals surface area contributed by atoms with Gasteiger partial charge in [0.15, 0.2) is 0 Å². The molecule has 3 aromatic rings. The zero-order chi connectivity index (χ0) is 21.2. The van der Waals surface area contributed by atoms with Crippen molar-refractivity contribution in [1.82, 2.24) is 4.57 Å². The maximum Gasteiger partial charge on any atom is 0.0537 e. The highest BCUT2D eigenvalue weighted by Gasteiger charge is 2.19. The van der Waals surface area contributed by atoms with Gasteiger partial charge in [-0.05, 0) is 85.1 Å². The molecular weight excluding hydrogens is 374 g/mol. The summed E-state index contributed by atoms with van der Waals surface area (Å²) in [6.07, 6.45) is 18.5. The summed E-state index contributed by atoms with van der Waals surface area (Å²) in [5.41, 5.74) is 11.2. The Kier molecular flexibility index (Phi) is 5.51. The van der Waals surface area contributed by atoms with Crippen molar-refractivity contribution in [2.45, 2.75) is 52.4 Å². The summed E-state index contributed by atoms with van der Waals surface area (Å²) in [6.45, 7) is 4.54. The number of fused-ring (bicyclic) bond motifs is 3. The molecule has 0 saturated heterocycles. The summed E-state index contributed by atoms with van der Waals surface area (Å²) in [4.78, 5) is 0. The van der Waals surface area contributed by atoms with Crippen molar-refractivity contribution >= 4 is 28.2 Å². The monoisotopic (exact) mass is 405 g/mol. The topological polar surface area (TPSA) is 4.93 Å². The Morgan fingerprint density at radius 3 is 2.68 bits per heavy atom. The average Bonchev–Trinajstić information content (AvgIpc) is 3.03. The fourth-order valence-corrected chi connectivity index (χ4v) is 5.10. The largest absolute Gasteiger partial charge is 0.310 e. The third-order valence-electron chi connectivity index (χ3n) is 6.75. The maximum absolute atomic E-state index is 2.47. The number of nitrogens with zero attached hydrogens (tertiary/aromatic N) is 1. The van der Waals surface area contributed by atoms with Gasteiger partial charge in [-0.2, -0.15) is 0 Å². The third kappa shape index (κ3) is 3.63. The van der Waals surface area contributed by atoms with Gasteiger partial charge in [0.1, 0.15) is 0 Å². The average molecular weight is 406 g/mol. The van der Waals surface area contributed by atoms with Gasteiger partial charge in [-0.25, -0.2) is 0 Å². The number of hydrogen-bond acceptors (Lipinski definition) is 0. The SMILES string of the molecule is CCCCc1ccccc1C1=C(C)C=CC(n2c3c(c4ccccc42)CCC=C3)=CC1. The highest BCUT2D eigenvalue weighted by atomic mass is 15.0. The standard InChI is InChI=1S/C30H31N/c1-3-4-11-23-12-5-6-13-26(23)25-21-20-24(19-18-22(25)2)31-29-16-9-7-14-27(29)28-15-8-10-17-30(28)31/h5-7,9-10,12-14,16-20H,3-4,8,11,15,21H2,1-2H3. The number of aryl methyl sites for hydroxylation is 2. The van der Waals surface area contributed by atoms with E-state index in [0.717, 1.165) is 25.7 Å². The van der Waals surface area contributed by atoms with E-state index in [2.05, 4.69) is 97.3 Å². The van der Waals surface area contributed by atoms with Crippen LogP contribution in [0.25, 0.3) is 28.2 Å². The van der Waals surface area contributed by atoms with Crippen LogP contribution < -0.4 is 0 Å². The van der Waals surface area contributed by atoms with Crippen LogP contribution in [0.1, 0.15) is 61.9 Å². The van der Waals surface area contributed by atoms with Crippen LogP contribution in [0.3, 0.4) is 0 Å².